The fourth-order valence-corrected chi connectivity index (χ4v) is 4.48. The summed E-state index contributed by atoms with van der Waals surface area (Å²) < 4.78 is 2.28. The number of anilines is 1. The molecular formula is C19H20N6O2. The van der Waals surface area contributed by atoms with Gasteiger partial charge in [-0.15, -0.1) is 10.2 Å². The molecule has 2 aromatic heterocycles. The molecule has 3 aromatic rings. The maximum Gasteiger partial charge on any atom is 0.278 e. The largest absolute Gasteiger partial charge is 0.370 e. The lowest BCUT2D eigenvalue weighted by Crippen LogP contribution is -2.35. The minimum atomic E-state index is -0.341. The van der Waals surface area contributed by atoms with Crippen molar-refractivity contribution in [2.45, 2.75) is 38.1 Å². The van der Waals surface area contributed by atoms with E-state index in [1.165, 1.54) is 0 Å². The molecule has 0 bridgehead atoms. The Morgan fingerprint density at radius 3 is 2.93 bits per heavy atom. The lowest BCUT2D eigenvalue weighted by atomic mass is 9.95. The summed E-state index contributed by atoms with van der Waals surface area (Å²) in [4.78, 5) is 17.4. The van der Waals surface area contributed by atoms with Crippen LogP contribution >= 0.6 is 0 Å². The molecule has 27 heavy (non-hydrogen) atoms. The molecule has 0 aliphatic carbocycles. The van der Waals surface area contributed by atoms with Gasteiger partial charge in [0.1, 0.15) is 11.6 Å². The Bertz CT molecular complexity index is 1030. The Morgan fingerprint density at radius 1 is 1.11 bits per heavy atom. The third kappa shape index (κ3) is 2.63. The first-order valence-electron chi connectivity index (χ1n) is 9.40. The minimum absolute atomic E-state index is 0.102. The maximum atomic E-state index is 11.4. The van der Waals surface area contributed by atoms with Crippen molar-refractivity contribution in [1.29, 1.82) is 0 Å². The van der Waals surface area contributed by atoms with Crippen LogP contribution in [0.3, 0.4) is 0 Å². The third-order valence-corrected chi connectivity index (χ3v) is 5.73. The van der Waals surface area contributed by atoms with Gasteiger partial charge >= 0.3 is 0 Å². The number of fused-ring (bicyclic) bond motifs is 2. The summed E-state index contributed by atoms with van der Waals surface area (Å²) in [5, 5.41) is 21.7. The van der Waals surface area contributed by atoms with Crippen LogP contribution in [0.5, 0.6) is 0 Å². The zero-order valence-corrected chi connectivity index (χ0v) is 14.9. The van der Waals surface area contributed by atoms with Crippen molar-refractivity contribution in [2.24, 2.45) is 0 Å². The minimum Gasteiger partial charge on any atom is -0.370 e. The maximum absolute atomic E-state index is 11.4. The smallest absolute Gasteiger partial charge is 0.278 e. The van der Waals surface area contributed by atoms with Crippen molar-refractivity contribution in [2.75, 3.05) is 18.0 Å². The highest BCUT2D eigenvalue weighted by atomic mass is 16.6. The highest BCUT2D eigenvalue weighted by molar-refractivity contribution is 5.99. The molecule has 1 unspecified atom stereocenters. The molecule has 0 radical (unpaired) electrons. The predicted molar refractivity (Wildman–Crippen MR) is 101 cm³/mol. The van der Waals surface area contributed by atoms with Gasteiger partial charge < -0.3 is 9.47 Å². The third-order valence-electron chi connectivity index (χ3n) is 5.73. The van der Waals surface area contributed by atoms with Gasteiger partial charge in [-0.2, -0.15) is 0 Å². The number of nitro benzene ring substituents is 1. The Morgan fingerprint density at radius 2 is 2.04 bits per heavy atom. The number of hydrogen-bond donors (Lipinski definition) is 0. The van der Waals surface area contributed by atoms with E-state index in [1.807, 2.05) is 12.1 Å². The number of aromatic nitrogens is 4. The van der Waals surface area contributed by atoms with E-state index in [1.54, 1.807) is 18.5 Å². The van der Waals surface area contributed by atoms with Gasteiger partial charge in [0, 0.05) is 61.5 Å². The topological polar surface area (TPSA) is 90.0 Å². The van der Waals surface area contributed by atoms with Crippen LogP contribution in [-0.2, 0) is 13.0 Å². The second-order valence-electron chi connectivity index (χ2n) is 7.30. The summed E-state index contributed by atoms with van der Waals surface area (Å²) in [6.45, 7) is 2.81. The number of pyridine rings is 1. The summed E-state index contributed by atoms with van der Waals surface area (Å²) >= 11 is 0. The summed E-state index contributed by atoms with van der Waals surface area (Å²) in [5.41, 5.74) is 1.13. The number of hydrogen-bond acceptors (Lipinski definition) is 6. The normalized spacial score (nSPS) is 19.4. The molecule has 0 amide bonds. The highest BCUT2D eigenvalue weighted by Crippen LogP contribution is 2.37. The molecular weight excluding hydrogens is 344 g/mol. The van der Waals surface area contributed by atoms with Crippen molar-refractivity contribution in [3.05, 3.63) is 52.4 Å². The number of non-ortho nitro benzene ring substituents is 1. The van der Waals surface area contributed by atoms with Crippen LogP contribution in [-0.4, -0.2) is 37.8 Å². The van der Waals surface area contributed by atoms with Gasteiger partial charge in [0.05, 0.1) is 10.3 Å². The number of nitro groups is 1. The quantitative estimate of drug-likeness (QED) is 0.524. The van der Waals surface area contributed by atoms with Crippen LogP contribution in [0.1, 0.15) is 36.8 Å². The Labute approximate surface area is 156 Å². The van der Waals surface area contributed by atoms with Crippen LogP contribution in [0, 0.1) is 10.1 Å². The molecule has 0 N–H and O–H groups in total. The van der Waals surface area contributed by atoms with Crippen molar-refractivity contribution in [3.8, 4) is 0 Å². The van der Waals surface area contributed by atoms with Crippen molar-refractivity contribution in [3.63, 3.8) is 0 Å². The molecule has 0 saturated carbocycles. The lowest BCUT2D eigenvalue weighted by Gasteiger charge is -2.34. The lowest BCUT2D eigenvalue weighted by molar-refractivity contribution is -0.383. The fraction of sp³-hybridized carbons (Fsp3) is 0.421. The average molecular weight is 364 g/mol. The van der Waals surface area contributed by atoms with Crippen LogP contribution in [0.25, 0.3) is 10.8 Å². The Kier molecular flexibility index (Phi) is 3.77. The molecule has 8 nitrogen and oxygen atoms in total. The van der Waals surface area contributed by atoms with Crippen LogP contribution in [0.15, 0.2) is 30.6 Å². The van der Waals surface area contributed by atoms with Crippen molar-refractivity contribution < 1.29 is 4.92 Å². The van der Waals surface area contributed by atoms with Gasteiger partial charge in [-0.3, -0.25) is 15.1 Å². The van der Waals surface area contributed by atoms with Gasteiger partial charge in [0.2, 0.25) is 0 Å². The van der Waals surface area contributed by atoms with Gasteiger partial charge in [-0.1, -0.05) is 0 Å². The summed E-state index contributed by atoms with van der Waals surface area (Å²) in [6.07, 6.45) is 7.61. The highest BCUT2D eigenvalue weighted by Gasteiger charge is 2.29. The average Bonchev–Trinajstić information content (AvgIpc) is 3.31. The molecule has 8 heteroatoms. The van der Waals surface area contributed by atoms with E-state index in [0.717, 1.165) is 68.0 Å². The number of nitrogens with zero attached hydrogens (tertiary/aromatic N) is 6. The first kappa shape index (κ1) is 16.2. The van der Waals surface area contributed by atoms with Crippen LogP contribution in [0.2, 0.25) is 0 Å². The van der Waals surface area contributed by atoms with E-state index in [0.29, 0.717) is 11.3 Å². The molecule has 1 fully saturated rings. The van der Waals surface area contributed by atoms with Crippen molar-refractivity contribution in [1.82, 2.24) is 19.7 Å². The predicted octanol–water partition coefficient (Wildman–Crippen LogP) is 3.06. The number of rotatable bonds is 3. The molecule has 138 valence electrons. The van der Waals surface area contributed by atoms with Crippen molar-refractivity contribution >= 4 is 22.1 Å². The zero-order valence-electron chi connectivity index (χ0n) is 14.9. The van der Waals surface area contributed by atoms with Gasteiger partial charge in [0.15, 0.2) is 0 Å². The molecule has 1 atom stereocenters. The molecule has 1 aromatic carbocycles. The van der Waals surface area contributed by atoms with Crippen LogP contribution < -0.4 is 4.90 Å². The van der Waals surface area contributed by atoms with Gasteiger partial charge in [-0.05, 0) is 31.4 Å². The number of piperidine rings is 1. The van der Waals surface area contributed by atoms with E-state index < -0.39 is 0 Å². The van der Waals surface area contributed by atoms with Gasteiger partial charge in [0.25, 0.3) is 5.69 Å². The van der Waals surface area contributed by atoms with Crippen LogP contribution in [0.4, 0.5) is 11.4 Å². The molecule has 2 aliphatic heterocycles. The van der Waals surface area contributed by atoms with Gasteiger partial charge in [-0.25, -0.2) is 0 Å². The summed E-state index contributed by atoms with van der Waals surface area (Å²) in [5.74, 6) is 2.54. The first-order valence-corrected chi connectivity index (χ1v) is 9.40. The van der Waals surface area contributed by atoms with E-state index in [2.05, 4.69) is 24.6 Å². The second kappa shape index (κ2) is 6.29. The molecule has 1 saturated heterocycles. The number of benzene rings is 1. The summed E-state index contributed by atoms with van der Waals surface area (Å²) in [7, 11) is 0. The number of aryl methyl sites for hydroxylation is 1. The fourth-order valence-electron chi connectivity index (χ4n) is 4.48. The Hall–Kier alpha value is -3.03. The molecule has 4 heterocycles. The second-order valence-corrected chi connectivity index (χ2v) is 7.30. The Balaban J connectivity index is 1.51. The summed E-state index contributed by atoms with van der Waals surface area (Å²) in [6, 6.07) is 5.34. The molecule has 5 rings (SSSR count). The van der Waals surface area contributed by atoms with E-state index in [-0.39, 0.29) is 10.6 Å². The van der Waals surface area contributed by atoms with E-state index in [4.69, 9.17) is 0 Å². The zero-order chi connectivity index (χ0) is 18.4. The monoisotopic (exact) mass is 364 g/mol. The van der Waals surface area contributed by atoms with E-state index in [9.17, 15) is 10.1 Å². The van der Waals surface area contributed by atoms with E-state index >= 15 is 0 Å². The molecule has 0 spiro atoms. The standard InChI is InChI=1S/C19H20N6O2/c26-25(27)17-6-5-16(14-7-8-20-11-15(14)17)23-9-1-3-13(12-23)19-22-21-18-4-2-10-24(18)19/h5-8,11,13H,1-4,9-10,12H2. The molecule has 2 aliphatic rings. The first-order chi connectivity index (χ1) is 13.2. The SMILES string of the molecule is O=[N+]([O-])c1ccc(N2CCCC(c3nnc4n3CCC4)C2)c2ccncc12.